The second kappa shape index (κ2) is 10.1. The van der Waals surface area contributed by atoms with Gasteiger partial charge in [-0.1, -0.05) is 13.8 Å². The van der Waals surface area contributed by atoms with E-state index in [4.69, 9.17) is 9.47 Å². The van der Waals surface area contributed by atoms with Gasteiger partial charge in [-0.2, -0.15) is 0 Å². The maximum Gasteiger partial charge on any atom is 0.325 e. The molecule has 20 heavy (non-hydrogen) atoms. The largest absolute Gasteiger partial charge is 0.468 e. The first-order valence-corrected chi connectivity index (χ1v) is 7.51. The zero-order chi connectivity index (χ0) is 15.6. The van der Waals surface area contributed by atoms with Gasteiger partial charge in [0, 0.05) is 19.7 Å². The molecule has 0 aromatic heterocycles. The summed E-state index contributed by atoms with van der Waals surface area (Å²) in [5.41, 5.74) is -0.634. The number of likely N-dealkylation sites (N-methyl/N-ethyl adjacent to an activating group) is 1. The zero-order valence-corrected chi connectivity index (χ0v) is 14.0. The van der Waals surface area contributed by atoms with Gasteiger partial charge in [0.15, 0.2) is 0 Å². The van der Waals surface area contributed by atoms with Crippen molar-refractivity contribution in [2.24, 2.45) is 0 Å². The molecule has 0 heterocycles. The van der Waals surface area contributed by atoms with Crippen molar-refractivity contribution in [2.75, 3.05) is 40.5 Å². The number of nitrogens with zero attached hydrogens (tertiary/aromatic N) is 1. The van der Waals surface area contributed by atoms with Crippen LogP contribution in [0.1, 0.15) is 40.5 Å². The minimum absolute atomic E-state index is 0.194. The van der Waals surface area contributed by atoms with Gasteiger partial charge in [-0.15, -0.1) is 0 Å². The highest BCUT2D eigenvalue weighted by Crippen LogP contribution is 2.18. The highest BCUT2D eigenvalue weighted by molar-refractivity contribution is 5.80. The lowest BCUT2D eigenvalue weighted by atomic mass is 9.92. The van der Waals surface area contributed by atoms with Gasteiger partial charge in [-0.25, -0.2) is 0 Å². The maximum atomic E-state index is 12.1. The molecule has 0 spiro atoms. The van der Waals surface area contributed by atoms with Crippen LogP contribution >= 0.6 is 0 Å². The summed E-state index contributed by atoms with van der Waals surface area (Å²) in [6.07, 6.45) is 1.71. The van der Waals surface area contributed by atoms with Gasteiger partial charge < -0.3 is 14.8 Å². The van der Waals surface area contributed by atoms with Crippen molar-refractivity contribution in [3.05, 3.63) is 0 Å². The third-order valence-electron chi connectivity index (χ3n) is 3.72. The third-order valence-corrected chi connectivity index (χ3v) is 3.72. The average Bonchev–Trinajstić information content (AvgIpc) is 2.44. The SMILES string of the molecule is CCCNC(C)(CC(C)N(CC)CCOC)C(=O)OC. The summed E-state index contributed by atoms with van der Waals surface area (Å²) in [4.78, 5) is 14.4. The molecular weight excluding hydrogens is 256 g/mol. The molecule has 0 saturated heterocycles. The van der Waals surface area contributed by atoms with E-state index in [0.29, 0.717) is 6.61 Å². The van der Waals surface area contributed by atoms with E-state index in [9.17, 15) is 4.79 Å². The molecule has 0 amide bonds. The fraction of sp³-hybridized carbons (Fsp3) is 0.933. The molecule has 0 aliphatic carbocycles. The fourth-order valence-corrected chi connectivity index (χ4v) is 2.47. The van der Waals surface area contributed by atoms with Gasteiger partial charge in [0.05, 0.1) is 13.7 Å². The Hall–Kier alpha value is -0.650. The Morgan fingerprint density at radius 2 is 2.00 bits per heavy atom. The summed E-state index contributed by atoms with van der Waals surface area (Å²) in [6, 6.07) is 0.281. The van der Waals surface area contributed by atoms with Crippen LogP contribution in [0.2, 0.25) is 0 Å². The molecule has 5 nitrogen and oxygen atoms in total. The summed E-state index contributed by atoms with van der Waals surface area (Å²) < 4.78 is 10.1. The van der Waals surface area contributed by atoms with Gasteiger partial charge in [-0.05, 0) is 39.8 Å². The summed E-state index contributed by atoms with van der Waals surface area (Å²) in [5.74, 6) is -0.194. The standard InChI is InChI=1S/C15H32N2O3/c1-7-9-16-15(4,14(18)20-6)12-13(3)17(8-2)10-11-19-5/h13,16H,7-12H2,1-6H3. The van der Waals surface area contributed by atoms with E-state index in [2.05, 4.69) is 31.0 Å². The molecule has 0 aliphatic heterocycles. The Labute approximate surface area is 124 Å². The number of ether oxygens (including phenoxy) is 2. The van der Waals surface area contributed by atoms with Crippen molar-refractivity contribution in [2.45, 2.75) is 52.1 Å². The minimum Gasteiger partial charge on any atom is -0.468 e. The van der Waals surface area contributed by atoms with Crippen molar-refractivity contribution >= 4 is 5.97 Å². The zero-order valence-electron chi connectivity index (χ0n) is 14.0. The van der Waals surface area contributed by atoms with Crippen molar-refractivity contribution in [1.82, 2.24) is 10.2 Å². The molecule has 0 saturated carbocycles. The summed E-state index contributed by atoms with van der Waals surface area (Å²) >= 11 is 0. The second-order valence-corrected chi connectivity index (χ2v) is 5.42. The molecule has 0 aliphatic rings. The maximum absolute atomic E-state index is 12.1. The molecule has 0 aromatic rings. The smallest absolute Gasteiger partial charge is 0.325 e. The molecule has 5 heteroatoms. The lowest BCUT2D eigenvalue weighted by molar-refractivity contribution is -0.148. The molecule has 0 fully saturated rings. The highest BCUT2D eigenvalue weighted by Gasteiger charge is 2.36. The van der Waals surface area contributed by atoms with E-state index in [1.807, 2.05) is 6.92 Å². The predicted octanol–water partition coefficient (Wildman–Crippen LogP) is 1.66. The molecule has 0 aromatic carbocycles. The van der Waals surface area contributed by atoms with Gasteiger partial charge in [-0.3, -0.25) is 9.69 Å². The van der Waals surface area contributed by atoms with Crippen molar-refractivity contribution in [3.8, 4) is 0 Å². The Morgan fingerprint density at radius 3 is 2.45 bits per heavy atom. The van der Waals surface area contributed by atoms with E-state index in [1.165, 1.54) is 7.11 Å². The first-order chi connectivity index (χ1) is 9.45. The van der Waals surface area contributed by atoms with Crippen LogP contribution in [-0.2, 0) is 14.3 Å². The molecule has 2 unspecified atom stereocenters. The van der Waals surface area contributed by atoms with Gasteiger partial charge in [0.2, 0.25) is 0 Å². The van der Waals surface area contributed by atoms with Gasteiger partial charge in [0.25, 0.3) is 0 Å². The number of hydrogen-bond donors (Lipinski definition) is 1. The van der Waals surface area contributed by atoms with Crippen LogP contribution in [0.25, 0.3) is 0 Å². The number of rotatable bonds is 11. The lowest BCUT2D eigenvalue weighted by Gasteiger charge is -2.35. The Morgan fingerprint density at radius 1 is 1.35 bits per heavy atom. The quantitative estimate of drug-likeness (QED) is 0.586. The number of carbonyl (C=O) groups excluding carboxylic acids is 1. The number of methoxy groups -OCH3 is 2. The monoisotopic (exact) mass is 288 g/mol. The third kappa shape index (κ3) is 6.20. The molecule has 0 radical (unpaired) electrons. The van der Waals surface area contributed by atoms with Gasteiger partial charge >= 0.3 is 5.97 Å². The van der Waals surface area contributed by atoms with Crippen LogP contribution in [0.3, 0.4) is 0 Å². The van der Waals surface area contributed by atoms with Crippen LogP contribution in [0.4, 0.5) is 0 Å². The average molecular weight is 288 g/mol. The first-order valence-electron chi connectivity index (χ1n) is 7.51. The predicted molar refractivity (Wildman–Crippen MR) is 81.9 cm³/mol. The van der Waals surface area contributed by atoms with Crippen LogP contribution in [-0.4, -0.2) is 62.9 Å². The van der Waals surface area contributed by atoms with Crippen molar-refractivity contribution < 1.29 is 14.3 Å². The topological polar surface area (TPSA) is 50.8 Å². The van der Waals surface area contributed by atoms with E-state index < -0.39 is 5.54 Å². The first kappa shape index (κ1) is 19.4. The van der Waals surface area contributed by atoms with Crippen LogP contribution in [0.15, 0.2) is 0 Å². The summed E-state index contributed by atoms with van der Waals surface area (Å²) in [6.45, 7) is 11.6. The van der Waals surface area contributed by atoms with E-state index in [1.54, 1.807) is 7.11 Å². The summed E-state index contributed by atoms with van der Waals surface area (Å²) in [7, 11) is 3.15. The number of esters is 1. The lowest BCUT2D eigenvalue weighted by Crippen LogP contribution is -2.54. The summed E-state index contributed by atoms with van der Waals surface area (Å²) in [5, 5.41) is 3.33. The second-order valence-electron chi connectivity index (χ2n) is 5.42. The normalized spacial score (nSPS) is 15.9. The highest BCUT2D eigenvalue weighted by atomic mass is 16.5. The molecular formula is C15H32N2O3. The van der Waals surface area contributed by atoms with E-state index in [-0.39, 0.29) is 12.0 Å². The molecule has 120 valence electrons. The van der Waals surface area contributed by atoms with Crippen LogP contribution in [0, 0.1) is 0 Å². The molecule has 0 rings (SSSR count). The molecule has 2 atom stereocenters. The van der Waals surface area contributed by atoms with E-state index >= 15 is 0 Å². The fourth-order valence-electron chi connectivity index (χ4n) is 2.47. The van der Waals surface area contributed by atoms with Crippen molar-refractivity contribution in [3.63, 3.8) is 0 Å². The van der Waals surface area contributed by atoms with Crippen LogP contribution in [0.5, 0.6) is 0 Å². The van der Waals surface area contributed by atoms with Crippen molar-refractivity contribution in [1.29, 1.82) is 0 Å². The Kier molecular flexibility index (Phi) is 9.80. The number of carbonyl (C=O) groups is 1. The Bertz CT molecular complexity index is 274. The minimum atomic E-state index is -0.634. The van der Waals surface area contributed by atoms with Crippen LogP contribution < -0.4 is 5.32 Å². The number of nitrogens with one attached hydrogen (secondary N) is 1. The van der Waals surface area contributed by atoms with Gasteiger partial charge in [0.1, 0.15) is 5.54 Å². The molecule has 0 bridgehead atoms. The van der Waals surface area contributed by atoms with E-state index in [0.717, 1.165) is 32.5 Å². The number of hydrogen-bond acceptors (Lipinski definition) is 5. The Balaban J connectivity index is 4.72. The molecule has 1 N–H and O–H groups in total.